The Hall–Kier alpha value is -0.110. The molecule has 0 saturated carbocycles. The average molecular weight is 163 g/mol. The van der Waals surface area contributed by atoms with Crippen molar-refractivity contribution in [3.05, 3.63) is 0 Å². The summed E-state index contributed by atoms with van der Waals surface area (Å²) in [5, 5.41) is 16.8. The first kappa shape index (κ1) is 9.89. The van der Waals surface area contributed by atoms with Gasteiger partial charge in [-0.25, -0.2) is 0 Å². The molecule has 5 heteroatoms. The Labute approximate surface area is 60.6 Å². The number of aliphatic hydroxyl groups is 2. The van der Waals surface area contributed by atoms with Crippen LogP contribution in [-0.4, -0.2) is 41.4 Å². The van der Waals surface area contributed by atoms with E-state index in [1.54, 1.807) is 0 Å². The second kappa shape index (κ2) is 7.00. The Balaban J connectivity index is 3.68. The van der Waals surface area contributed by atoms with Gasteiger partial charge in [0.2, 0.25) is 0 Å². The third-order valence-corrected chi connectivity index (χ3v) is 1.29. The summed E-state index contributed by atoms with van der Waals surface area (Å²) in [4.78, 5) is 1.47. The van der Waals surface area contributed by atoms with Crippen molar-refractivity contribution in [2.24, 2.45) is 0 Å². The van der Waals surface area contributed by atoms with E-state index in [0.717, 1.165) is 0 Å². The molecule has 0 heterocycles. The third-order valence-electron chi connectivity index (χ3n) is 0.922. The second-order valence-electron chi connectivity index (χ2n) is 1.63. The van der Waals surface area contributed by atoms with E-state index < -0.39 is 0 Å². The minimum absolute atomic E-state index is 0.0253. The molecule has 0 unspecified atom stereocenters. The second-order valence-corrected chi connectivity index (χ2v) is 2.01. The van der Waals surface area contributed by atoms with E-state index in [-0.39, 0.29) is 21.1 Å². The molecular weight excluding hydrogens is 153 g/mol. The fourth-order valence-electron chi connectivity index (χ4n) is 0.511. The SMILES string of the molecule is O=P#CN(CCO)CCO. The van der Waals surface area contributed by atoms with Crippen LogP contribution in [0.5, 0.6) is 0 Å². The van der Waals surface area contributed by atoms with Crippen molar-refractivity contribution in [1.82, 2.24) is 4.90 Å². The molecule has 0 fully saturated rings. The van der Waals surface area contributed by atoms with Gasteiger partial charge in [-0.3, -0.25) is 0 Å². The van der Waals surface area contributed by atoms with Gasteiger partial charge >= 0.3 is 59.6 Å². The quantitative estimate of drug-likeness (QED) is 0.432. The number of nitrogens with zero attached hydrogens (tertiary/aromatic N) is 1. The van der Waals surface area contributed by atoms with Crippen LogP contribution in [0.3, 0.4) is 0 Å². The van der Waals surface area contributed by atoms with E-state index in [1.165, 1.54) is 4.90 Å². The third kappa shape index (κ3) is 4.74. The van der Waals surface area contributed by atoms with Crippen molar-refractivity contribution < 1.29 is 14.8 Å². The summed E-state index contributed by atoms with van der Waals surface area (Å²) < 4.78 is 9.95. The first-order chi connectivity index (χ1) is 4.85. The Morgan fingerprint density at radius 1 is 1.30 bits per heavy atom. The molecule has 4 nitrogen and oxygen atoms in total. The maximum atomic E-state index is 9.95. The van der Waals surface area contributed by atoms with Crippen molar-refractivity contribution in [1.29, 1.82) is 0 Å². The maximum absolute atomic E-state index is 9.95. The zero-order valence-electron chi connectivity index (χ0n) is 5.53. The molecule has 2 N–H and O–H groups in total. The standard InChI is InChI=1S/C5H10NO3P/c7-3-1-6(2-4-8)5-10-9/h7-8H,1-4H2. The Morgan fingerprint density at radius 3 is 2.10 bits per heavy atom. The zero-order chi connectivity index (χ0) is 7.82. The molecule has 0 atom stereocenters. The molecule has 0 aliphatic heterocycles. The molecule has 0 bridgehead atoms. The van der Waals surface area contributed by atoms with Crippen molar-refractivity contribution in [2.45, 2.75) is 0 Å². The molecule has 0 aromatic carbocycles. The minimum atomic E-state index is -0.223. The molecule has 0 aliphatic carbocycles. The number of rotatable bonds is 4. The van der Waals surface area contributed by atoms with Crippen molar-refractivity contribution in [2.75, 3.05) is 26.3 Å². The van der Waals surface area contributed by atoms with Crippen LogP contribution < -0.4 is 0 Å². The van der Waals surface area contributed by atoms with E-state index in [0.29, 0.717) is 13.1 Å². The van der Waals surface area contributed by atoms with Crippen LogP contribution in [0.15, 0.2) is 0 Å². The zero-order valence-corrected chi connectivity index (χ0v) is 6.42. The van der Waals surface area contributed by atoms with Gasteiger partial charge in [-0.2, -0.15) is 0 Å². The molecule has 0 rings (SSSR count). The molecule has 0 amide bonds. The average Bonchev–Trinajstić information content (AvgIpc) is 1.90. The normalized spacial score (nSPS) is 9.50. The van der Waals surface area contributed by atoms with Gasteiger partial charge in [0.15, 0.2) is 0 Å². The van der Waals surface area contributed by atoms with Crippen LogP contribution in [0.1, 0.15) is 0 Å². The summed E-state index contributed by atoms with van der Waals surface area (Å²) in [5.41, 5.74) is 0. The molecule has 0 radical (unpaired) electrons. The predicted octanol–water partition coefficient (Wildman–Crippen LogP) is -0.519. The predicted molar refractivity (Wildman–Crippen MR) is 37.2 cm³/mol. The first-order valence-electron chi connectivity index (χ1n) is 2.89. The van der Waals surface area contributed by atoms with Crippen LogP contribution in [0.25, 0.3) is 0 Å². The van der Waals surface area contributed by atoms with Gasteiger partial charge in [0.05, 0.1) is 0 Å². The van der Waals surface area contributed by atoms with Crippen LogP contribution in [0, 0.1) is 5.75 Å². The molecule has 0 spiro atoms. The first-order valence-corrected chi connectivity index (χ1v) is 3.71. The van der Waals surface area contributed by atoms with Gasteiger partial charge in [0.25, 0.3) is 0 Å². The monoisotopic (exact) mass is 163 g/mol. The number of hydrogen-bond acceptors (Lipinski definition) is 4. The molecule has 0 aromatic heterocycles. The Bertz CT molecular complexity index is 159. The summed E-state index contributed by atoms with van der Waals surface area (Å²) in [6, 6.07) is 0. The van der Waals surface area contributed by atoms with Gasteiger partial charge < -0.3 is 0 Å². The van der Waals surface area contributed by atoms with E-state index in [4.69, 9.17) is 10.2 Å². The van der Waals surface area contributed by atoms with Gasteiger partial charge in [0.1, 0.15) is 0 Å². The molecule has 0 saturated heterocycles. The summed E-state index contributed by atoms with van der Waals surface area (Å²) >= 11 is 0. The molecule has 58 valence electrons. The molecule has 10 heavy (non-hydrogen) atoms. The van der Waals surface area contributed by atoms with E-state index in [2.05, 4.69) is 5.75 Å². The van der Waals surface area contributed by atoms with Crippen molar-refractivity contribution >= 4 is 7.92 Å². The summed E-state index contributed by atoms with van der Waals surface area (Å²) in [5.74, 6) is 2.41. The summed E-state index contributed by atoms with van der Waals surface area (Å²) in [7, 11) is -0.223. The van der Waals surface area contributed by atoms with E-state index in [9.17, 15) is 4.57 Å². The fraction of sp³-hybridized carbons (Fsp3) is 0.800. The van der Waals surface area contributed by atoms with Crippen molar-refractivity contribution in [3.63, 3.8) is 0 Å². The van der Waals surface area contributed by atoms with Crippen molar-refractivity contribution in [3.8, 4) is 5.75 Å². The van der Waals surface area contributed by atoms with E-state index in [1.807, 2.05) is 0 Å². The topological polar surface area (TPSA) is 60.8 Å². The number of hydrogen-bond donors (Lipinski definition) is 2. The Morgan fingerprint density at radius 2 is 1.80 bits per heavy atom. The van der Waals surface area contributed by atoms with Crippen LogP contribution in [0.4, 0.5) is 0 Å². The number of aliphatic hydroxyl groups excluding tert-OH is 2. The van der Waals surface area contributed by atoms with Gasteiger partial charge in [-0.1, -0.05) is 0 Å². The van der Waals surface area contributed by atoms with Crippen LogP contribution in [0.2, 0.25) is 0 Å². The molecule has 0 aromatic rings. The molecule has 0 aliphatic rings. The molecular formula is C5H10NO3P. The van der Waals surface area contributed by atoms with Crippen LogP contribution in [-0.2, 0) is 4.57 Å². The Kier molecular flexibility index (Phi) is 6.93. The van der Waals surface area contributed by atoms with Gasteiger partial charge in [0, 0.05) is 0 Å². The summed E-state index contributed by atoms with van der Waals surface area (Å²) in [6.45, 7) is 0.663. The van der Waals surface area contributed by atoms with Gasteiger partial charge in [-0.05, 0) is 0 Å². The van der Waals surface area contributed by atoms with Gasteiger partial charge in [-0.15, -0.1) is 0 Å². The summed E-state index contributed by atoms with van der Waals surface area (Å²) in [6.07, 6.45) is 0. The fourth-order valence-corrected chi connectivity index (χ4v) is 0.826. The van der Waals surface area contributed by atoms with Crippen LogP contribution >= 0.6 is 7.92 Å². The van der Waals surface area contributed by atoms with E-state index >= 15 is 0 Å².